The van der Waals surface area contributed by atoms with E-state index >= 15 is 0 Å². The molecule has 0 radical (unpaired) electrons. The maximum absolute atomic E-state index is 13.3. The molecule has 1 atom stereocenters. The van der Waals surface area contributed by atoms with Crippen LogP contribution in [0.4, 0.5) is 14.5 Å². The van der Waals surface area contributed by atoms with Crippen molar-refractivity contribution in [3.05, 3.63) is 29.8 Å². The van der Waals surface area contributed by atoms with E-state index in [1.165, 1.54) is 6.07 Å². The number of carbonyl (C=O) groups excluding carboxylic acids is 2. The van der Waals surface area contributed by atoms with Crippen molar-refractivity contribution >= 4 is 17.5 Å². The predicted molar refractivity (Wildman–Crippen MR) is 67.0 cm³/mol. The molecule has 1 aliphatic heterocycles. The molecule has 7 heteroatoms. The Morgan fingerprint density at radius 1 is 1.30 bits per heavy atom. The van der Waals surface area contributed by atoms with Crippen molar-refractivity contribution in [2.45, 2.75) is 18.9 Å². The highest BCUT2D eigenvalue weighted by atomic mass is 19.1. The average molecular weight is 284 g/mol. The van der Waals surface area contributed by atoms with Gasteiger partial charge in [-0.05, 0) is 25.0 Å². The second-order valence-corrected chi connectivity index (χ2v) is 4.36. The number of amides is 2. The highest BCUT2D eigenvalue weighted by Gasteiger charge is 2.23. The van der Waals surface area contributed by atoms with E-state index in [2.05, 4.69) is 10.6 Å². The van der Waals surface area contributed by atoms with Crippen LogP contribution in [0.2, 0.25) is 0 Å². The third kappa shape index (κ3) is 3.51. The zero-order valence-electron chi connectivity index (χ0n) is 10.6. The number of hydrogen-bond donors (Lipinski definition) is 2. The maximum atomic E-state index is 13.3. The molecule has 0 aliphatic carbocycles. The van der Waals surface area contributed by atoms with E-state index in [9.17, 15) is 18.4 Å². The molecule has 1 fully saturated rings. The number of para-hydroxylation sites is 1. The van der Waals surface area contributed by atoms with Gasteiger partial charge in [0.05, 0.1) is 6.54 Å². The fraction of sp³-hybridized carbons (Fsp3) is 0.385. The number of hydrogen-bond acceptors (Lipinski definition) is 3. The lowest BCUT2D eigenvalue weighted by atomic mass is 10.2. The van der Waals surface area contributed by atoms with Gasteiger partial charge in [0.25, 0.3) is 0 Å². The van der Waals surface area contributed by atoms with Gasteiger partial charge in [-0.2, -0.15) is 0 Å². The summed E-state index contributed by atoms with van der Waals surface area (Å²) in [6.45, 7) is 0.150. The molecular formula is C13H14F2N2O3. The fourth-order valence-corrected chi connectivity index (χ4v) is 1.87. The van der Waals surface area contributed by atoms with Gasteiger partial charge < -0.3 is 15.4 Å². The van der Waals surface area contributed by atoms with Crippen molar-refractivity contribution in [2.24, 2.45) is 0 Å². The normalized spacial score (nSPS) is 17.8. The van der Waals surface area contributed by atoms with Crippen molar-refractivity contribution in [1.29, 1.82) is 0 Å². The molecule has 108 valence electrons. The van der Waals surface area contributed by atoms with Gasteiger partial charge in [-0.15, -0.1) is 0 Å². The SMILES string of the molecule is O=C(CNC(=O)C1CCCO1)Nc1c(F)cccc1F. The van der Waals surface area contributed by atoms with E-state index in [-0.39, 0.29) is 6.54 Å². The van der Waals surface area contributed by atoms with E-state index in [1.54, 1.807) is 0 Å². The van der Waals surface area contributed by atoms with Crippen molar-refractivity contribution in [1.82, 2.24) is 5.32 Å². The lowest BCUT2D eigenvalue weighted by molar-refractivity contribution is -0.131. The van der Waals surface area contributed by atoms with Gasteiger partial charge in [0.1, 0.15) is 23.4 Å². The Labute approximate surface area is 114 Å². The third-order valence-corrected chi connectivity index (χ3v) is 2.87. The summed E-state index contributed by atoms with van der Waals surface area (Å²) in [6.07, 6.45) is 0.855. The van der Waals surface area contributed by atoms with Gasteiger partial charge in [0.2, 0.25) is 11.8 Å². The van der Waals surface area contributed by atoms with Crippen molar-refractivity contribution < 1.29 is 23.1 Å². The summed E-state index contributed by atoms with van der Waals surface area (Å²) in [5, 5.41) is 4.44. The van der Waals surface area contributed by atoms with Crippen LogP contribution in [-0.4, -0.2) is 31.1 Å². The third-order valence-electron chi connectivity index (χ3n) is 2.87. The van der Waals surface area contributed by atoms with Gasteiger partial charge >= 0.3 is 0 Å². The van der Waals surface area contributed by atoms with Crippen LogP contribution in [0.15, 0.2) is 18.2 Å². The van der Waals surface area contributed by atoms with E-state index in [0.29, 0.717) is 13.0 Å². The largest absolute Gasteiger partial charge is 0.368 e. The lowest BCUT2D eigenvalue weighted by Crippen LogP contribution is -2.39. The average Bonchev–Trinajstić information content (AvgIpc) is 2.94. The summed E-state index contributed by atoms with van der Waals surface area (Å²) in [5.41, 5.74) is -0.524. The van der Waals surface area contributed by atoms with Crippen LogP contribution >= 0.6 is 0 Å². The van der Waals surface area contributed by atoms with Crippen molar-refractivity contribution in [2.75, 3.05) is 18.5 Å². The number of anilines is 1. The monoisotopic (exact) mass is 284 g/mol. The number of benzene rings is 1. The van der Waals surface area contributed by atoms with Crippen LogP contribution in [0.25, 0.3) is 0 Å². The molecule has 1 saturated heterocycles. The highest BCUT2D eigenvalue weighted by molar-refractivity contribution is 5.95. The first-order valence-corrected chi connectivity index (χ1v) is 6.21. The van der Waals surface area contributed by atoms with Gasteiger partial charge in [-0.25, -0.2) is 8.78 Å². The Kier molecular flexibility index (Phi) is 4.62. The lowest BCUT2D eigenvalue weighted by Gasteiger charge is -2.11. The minimum atomic E-state index is -0.871. The quantitative estimate of drug-likeness (QED) is 0.873. The van der Waals surface area contributed by atoms with Gasteiger partial charge in [-0.1, -0.05) is 6.07 Å². The van der Waals surface area contributed by atoms with Crippen LogP contribution in [0, 0.1) is 11.6 Å². The molecular weight excluding hydrogens is 270 g/mol. The molecule has 0 saturated carbocycles. The minimum Gasteiger partial charge on any atom is -0.368 e. The van der Waals surface area contributed by atoms with Gasteiger partial charge in [0, 0.05) is 6.61 Å². The van der Waals surface area contributed by atoms with Gasteiger partial charge in [0.15, 0.2) is 0 Å². The Balaban J connectivity index is 1.85. The van der Waals surface area contributed by atoms with E-state index < -0.39 is 35.2 Å². The summed E-state index contributed by atoms with van der Waals surface area (Å²) in [7, 11) is 0. The molecule has 1 aromatic carbocycles. The summed E-state index contributed by atoms with van der Waals surface area (Å²) < 4.78 is 31.7. The minimum absolute atomic E-state index is 0.369. The Bertz CT molecular complexity index is 496. The number of carbonyl (C=O) groups is 2. The molecule has 20 heavy (non-hydrogen) atoms. The second-order valence-electron chi connectivity index (χ2n) is 4.36. The summed E-state index contributed by atoms with van der Waals surface area (Å²) in [4.78, 5) is 23.1. The Hall–Kier alpha value is -2.02. The maximum Gasteiger partial charge on any atom is 0.249 e. The molecule has 1 aromatic rings. The van der Waals surface area contributed by atoms with Crippen LogP contribution in [0.5, 0.6) is 0 Å². The van der Waals surface area contributed by atoms with Crippen molar-refractivity contribution in [3.63, 3.8) is 0 Å². The number of nitrogens with one attached hydrogen (secondary N) is 2. The highest BCUT2D eigenvalue weighted by Crippen LogP contribution is 2.17. The number of rotatable bonds is 4. The van der Waals surface area contributed by atoms with Crippen LogP contribution in [0.3, 0.4) is 0 Å². The molecule has 0 bridgehead atoms. The predicted octanol–water partition coefficient (Wildman–Crippen LogP) is 1.20. The molecule has 1 heterocycles. The summed E-state index contributed by atoms with van der Waals surface area (Å²) in [5.74, 6) is -2.85. The molecule has 2 N–H and O–H groups in total. The molecule has 0 spiro atoms. The summed E-state index contributed by atoms with van der Waals surface area (Å²) in [6, 6.07) is 3.26. The van der Waals surface area contributed by atoms with E-state index in [4.69, 9.17) is 4.74 Å². The number of ether oxygens (including phenoxy) is 1. The standard InChI is InChI=1S/C13H14F2N2O3/c14-8-3-1-4-9(15)12(8)17-11(18)7-16-13(19)10-5-2-6-20-10/h1,3-4,10H,2,5-7H2,(H,16,19)(H,17,18). The first-order valence-electron chi connectivity index (χ1n) is 6.21. The molecule has 2 amide bonds. The molecule has 1 unspecified atom stereocenters. The van der Waals surface area contributed by atoms with Crippen LogP contribution in [0.1, 0.15) is 12.8 Å². The molecule has 1 aliphatic rings. The smallest absolute Gasteiger partial charge is 0.249 e. The Morgan fingerprint density at radius 2 is 2.00 bits per heavy atom. The summed E-state index contributed by atoms with van der Waals surface area (Å²) >= 11 is 0. The second kappa shape index (κ2) is 6.42. The first kappa shape index (κ1) is 14.4. The molecule has 2 rings (SSSR count). The van der Waals surface area contributed by atoms with E-state index in [1.807, 2.05) is 0 Å². The van der Waals surface area contributed by atoms with E-state index in [0.717, 1.165) is 18.6 Å². The van der Waals surface area contributed by atoms with Crippen molar-refractivity contribution in [3.8, 4) is 0 Å². The number of halogens is 2. The zero-order chi connectivity index (χ0) is 14.5. The van der Waals surface area contributed by atoms with Crippen LogP contribution in [-0.2, 0) is 14.3 Å². The fourth-order valence-electron chi connectivity index (χ4n) is 1.87. The molecule has 0 aromatic heterocycles. The van der Waals surface area contributed by atoms with Gasteiger partial charge in [-0.3, -0.25) is 9.59 Å². The molecule has 5 nitrogen and oxygen atoms in total. The van der Waals surface area contributed by atoms with Crippen LogP contribution < -0.4 is 10.6 Å². The first-order chi connectivity index (χ1) is 9.58. The topological polar surface area (TPSA) is 67.4 Å². The Morgan fingerprint density at radius 3 is 2.60 bits per heavy atom. The zero-order valence-corrected chi connectivity index (χ0v) is 10.6.